The maximum Gasteiger partial charge on any atom is 0.296 e. The first kappa shape index (κ1) is 29.2. The first-order valence-electron chi connectivity index (χ1n) is 12.8. The molecule has 4 aromatic rings. The lowest BCUT2D eigenvalue weighted by atomic mass is 10.0. The smallest absolute Gasteiger partial charge is 0.296 e. The number of aromatic nitrogens is 3. The molecule has 1 unspecified atom stereocenters. The van der Waals surface area contributed by atoms with Crippen molar-refractivity contribution in [1.82, 2.24) is 14.5 Å². The molecule has 0 aliphatic carbocycles. The monoisotopic (exact) mass is 569 g/mol. The van der Waals surface area contributed by atoms with E-state index < -0.39 is 32.2 Å². The second kappa shape index (κ2) is 12.1. The van der Waals surface area contributed by atoms with E-state index in [4.69, 9.17) is 4.74 Å². The van der Waals surface area contributed by atoms with Crippen LogP contribution in [0.3, 0.4) is 0 Å². The van der Waals surface area contributed by atoms with Crippen LogP contribution in [0.25, 0.3) is 11.1 Å². The van der Waals surface area contributed by atoms with Crippen LogP contribution in [0.5, 0.6) is 5.88 Å². The Morgan fingerprint density at radius 2 is 1.80 bits per heavy atom. The normalized spacial score (nSPS) is 12.0. The van der Waals surface area contributed by atoms with E-state index in [1.165, 1.54) is 41.2 Å². The molecule has 0 saturated carbocycles. The highest BCUT2D eigenvalue weighted by Crippen LogP contribution is 2.34. The van der Waals surface area contributed by atoms with Crippen LogP contribution in [0.1, 0.15) is 55.7 Å². The van der Waals surface area contributed by atoms with E-state index >= 15 is 0 Å². The molecular weight excluding hydrogens is 542 g/mol. The largest absolute Gasteiger partial charge is 0.493 e. The third kappa shape index (κ3) is 5.87. The molecule has 2 aromatic carbocycles. The molecule has 0 fully saturated rings. The summed E-state index contributed by atoms with van der Waals surface area (Å²) in [5.74, 6) is -0.724. The van der Waals surface area contributed by atoms with Crippen molar-refractivity contribution in [1.29, 1.82) is 10.5 Å². The molecule has 0 bridgehead atoms. The van der Waals surface area contributed by atoms with Gasteiger partial charge in [-0.15, -0.1) is 0 Å². The Labute approximate surface area is 237 Å². The lowest BCUT2D eigenvalue weighted by Crippen LogP contribution is -2.28. The minimum atomic E-state index is -4.54. The molecule has 0 aliphatic heterocycles. The Balaban J connectivity index is 1.88. The second-order valence-corrected chi connectivity index (χ2v) is 11.3. The van der Waals surface area contributed by atoms with Gasteiger partial charge in [-0.2, -0.15) is 15.5 Å². The average Bonchev–Trinajstić information content (AvgIpc) is 2.97. The van der Waals surface area contributed by atoms with Crippen molar-refractivity contribution >= 4 is 9.84 Å². The minimum absolute atomic E-state index is 0.0476. The molecule has 0 aliphatic rings. The Bertz CT molecular complexity index is 1840. The molecule has 2 aromatic heterocycles. The zero-order valence-corrected chi connectivity index (χ0v) is 23.5. The van der Waals surface area contributed by atoms with Crippen LogP contribution in [0.2, 0.25) is 0 Å². The molecule has 41 heavy (non-hydrogen) atoms. The van der Waals surface area contributed by atoms with Crippen molar-refractivity contribution in [3.05, 3.63) is 99.9 Å². The van der Waals surface area contributed by atoms with E-state index in [1.807, 2.05) is 6.92 Å². The van der Waals surface area contributed by atoms with E-state index in [0.717, 1.165) is 0 Å². The van der Waals surface area contributed by atoms with Gasteiger partial charge >= 0.3 is 0 Å². The average molecular weight is 570 g/mol. The molecule has 0 amide bonds. The summed E-state index contributed by atoms with van der Waals surface area (Å²) in [5.41, 5.74) is 1.35. The van der Waals surface area contributed by atoms with Crippen LogP contribution in [0, 0.1) is 22.7 Å². The van der Waals surface area contributed by atoms with Gasteiger partial charge < -0.3 is 9.84 Å². The highest BCUT2D eigenvalue weighted by Gasteiger charge is 2.32. The van der Waals surface area contributed by atoms with E-state index in [-0.39, 0.29) is 23.4 Å². The first-order valence-corrected chi connectivity index (χ1v) is 14.3. The van der Waals surface area contributed by atoms with Crippen molar-refractivity contribution in [2.75, 3.05) is 0 Å². The van der Waals surface area contributed by atoms with Crippen molar-refractivity contribution < 1.29 is 18.3 Å². The SMILES string of the molecule is CCC(c1cccc(C#N)c1)n1c(COC(C)C)nc(=O)c(S(=O)(=O)c2ccc(-c3ccncc3C#N)cc2)c1O. The Morgan fingerprint density at radius 1 is 1.07 bits per heavy atom. The lowest BCUT2D eigenvalue weighted by Gasteiger charge is -2.25. The molecule has 10 nitrogen and oxygen atoms in total. The van der Waals surface area contributed by atoms with Gasteiger partial charge in [0, 0.05) is 18.0 Å². The number of ether oxygens (including phenoxy) is 1. The summed E-state index contributed by atoms with van der Waals surface area (Å²) in [6.07, 6.45) is 3.08. The van der Waals surface area contributed by atoms with Gasteiger partial charge in [0.05, 0.1) is 34.2 Å². The molecule has 0 spiro atoms. The van der Waals surface area contributed by atoms with E-state index in [2.05, 4.69) is 22.1 Å². The van der Waals surface area contributed by atoms with Gasteiger partial charge in [0.2, 0.25) is 15.7 Å². The topological polar surface area (TPSA) is 159 Å². The molecular formula is C30H27N5O5S. The third-order valence-corrected chi connectivity index (χ3v) is 8.25. The lowest BCUT2D eigenvalue weighted by molar-refractivity contribution is 0.0571. The van der Waals surface area contributed by atoms with Crippen molar-refractivity contribution in [2.45, 2.75) is 55.7 Å². The molecule has 0 saturated heterocycles. The van der Waals surface area contributed by atoms with Crippen LogP contribution < -0.4 is 5.56 Å². The summed E-state index contributed by atoms with van der Waals surface area (Å²) in [7, 11) is -4.54. The molecule has 1 atom stereocenters. The maximum absolute atomic E-state index is 13.8. The predicted molar refractivity (Wildman–Crippen MR) is 150 cm³/mol. The molecule has 11 heteroatoms. The summed E-state index contributed by atoms with van der Waals surface area (Å²) in [4.78, 5) is 20.1. The van der Waals surface area contributed by atoms with Gasteiger partial charge in [0.25, 0.3) is 5.56 Å². The van der Waals surface area contributed by atoms with Crippen molar-refractivity contribution in [2.24, 2.45) is 0 Å². The Kier molecular flexibility index (Phi) is 8.62. The molecule has 4 rings (SSSR count). The van der Waals surface area contributed by atoms with Gasteiger partial charge in [-0.3, -0.25) is 14.3 Å². The summed E-state index contributed by atoms with van der Waals surface area (Å²) >= 11 is 0. The molecule has 0 radical (unpaired) electrons. The second-order valence-electron chi connectivity index (χ2n) is 9.44. The number of hydrogen-bond donors (Lipinski definition) is 1. The van der Waals surface area contributed by atoms with Gasteiger partial charge in [-0.25, -0.2) is 8.42 Å². The van der Waals surface area contributed by atoms with Crippen LogP contribution >= 0.6 is 0 Å². The molecule has 2 heterocycles. The molecule has 1 N–H and O–H groups in total. The zero-order valence-electron chi connectivity index (χ0n) is 22.6. The highest BCUT2D eigenvalue weighted by atomic mass is 32.2. The van der Waals surface area contributed by atoms with E-state index in [9.17, 15) is 28.8 Å². The van der Waals surface area contributed by atoms with Crippen LogP contribution in [-0.4, -0.2) is 34.2 Å². The molecule has 208 valence electrons. The van der Waals surface area contributed by atoms with Gasteiger partial charge in [0.1, 0.15) is 18.5 Å². The van der Waals surface area contributed by atoms with Crippen molar-refractivity contribution in [3.63, 3.8) is 0 Å². The fraction of sp³-hybridized carbons (Fsp3) is 0.233. The van der Waals surface area contributed by atoms with Gasteiger partial charge in [0.15, 0.2) is 4.90 Å². The van der Waals surface area contributed by atoms with Gasteiger partial charge in [-0.1, -0.05) is 31.2 Å². The number of pyridine rings is 1. The predicted octanol–water partition coefficient (Wildman–Crippen LogP) is 4.51. The van der Waals surface area contributed by atoms with Crippen molar-refractivity contribution in [3.8, 4) is 29.1 Å². The quantitative estimate of drug-likeness (QED) is 0.306. The maximum atomic E-state index is 13.8. The first-order chi connectivity index (χ1) is 19.6. The Hall–Kier alpha value is -4.84. The number of benzene rings is 2. The van der Waals surface area contributed by atoms with E-state index in [1.54, 1.807) is 44.2 Å². The van der Waals surface area contributed by atoms with Crippen LogP contribution in [-0.2, 0) is 21.2 Å². The summed E-state index contributed by atoms with van der Waals surface area (Å²) in [6, 6.07) is 17.5. The third-order valence-electron chi connectivity index (χ3n) is 6.46. The zero-order chi connectivity index (χ0) is 29.7. The number of hydrogen-bond acceptors (Lipinski definition) is 9. The van der Waals surface area contributed by atoms with Crippen LogP contribution in [0.15, 0.2) is 81.6 Å². The van der Waals surface area contributed by atoms with Crippen LogP contribution in [0.4, 0.5) is 0 Å². The minimum Gasteiger partial charge on any atom is -0.493 e. The number of nitrogens with zero attached hydrogens (tertiary/aromatic N) is 5. The highest BCUT2D eigenvalue weighted by molar-refractivity contribution is 7.91. The summed E-state index contributed by atoms with van der Waals surface area (Å²) in [6.45, 7) is 5.26. The van der Waals surface area contributed by atoms with E-state index in [0.29, 0.717) is 34.2 Å². The Morgan fingerprint density at radius 3 is 2.44 bits per heavy atom. The number of rotatable bonds is 9. The fourth-order valence-corrected chi connectivity index (χ4v) is 5.85. The summed E-state index contributed by atoms with van der Waals surface area (Å²) in [5, 5.41) is 30.3. The summed E-state index contributed by atoms with van der Waals surface area (Å²) < 4.78 is 34.5. The van der Waals surface area contributed by atoms with Gasteiger partial charge in [-0.05, 0) is 61.7 Å². The number of aromatic hydroxyl groups is 1. The number of sulfone groups is 1. The fourth-order valence-electron chi connectivity index (χ4n) is 4.50. The standard InChI is InChI=1S/C30H27N5O5S/c1-4-26(22-7-5-6-20(14-22)15-31)35-27(18-40-19(2)3)34-29(36)28(30(35)37)41(38,39)24-10-8-21(9-11-24)25-12-13-33-17-23(25)16-32/h5-14,17,19,26,37H,4,18H2,1-3H3. The number of nitriles is 2.